The first-order valence-corrected chi connectivity index (χ1v) is 9.46. The average molecular weight is 428 g/mol. The number of piperidine rings is 1. The van der Waals surface area contributed by atoms with Crippen LogP contribution in [0, 0.1) is 11.7 Å². The van der Waals surface area contributed by atoms with Gasteiger partial charge < -0.3 is 16.4 Å². The molecule has 1 aliphatic carbocycles. The molecule has 0 bridgehead atoms. The molecule has 1 aromatic heterocycles. The topological polar surface area (TPSA) is 81.1 Å². The number of halogens is 3. The second kappa shape index (κ2) is 9.72. The molecule has 2 heterocycles. The van der Waals surface area contributed by atoms with Crippen LogP contribution in [0.3, 0.4) is 0 Å². The monoisotopic (exact) mass is 427 g/mol. The fourth-order valence-electron chi connectivity index (χ4n) is 4.07. The van der Waals surface area contributed by atoms with Gasteiger partial charge in [0.05, 0.1) is 5.69 Å². The highest BCUT2D eigenvalue weighted by atomic mass is 35.5. The van der Waals surface area contributed by atoms with Crippen LogP contribution in [0.1, 0.15) is 42.9 Å². The molecule has 5 nitrogen and oxygen atoms in total. The van der Waals surface area contributed by atoms with E-state index < -0.39 is 0 Å². The van der Waals surface area contributed by atoms with E-state index in [9.17, 15) is 4.39 Å². The van der Waals surface area contributed by atoms with Crippen LogP contribution in [0.2, 0.25) is 0 Å². The Bertz CT molecular complexity index is 760. The van der Waals surface area contributed by atoms with Crippen molar-refractivity contribution in [3.05, 3.63) is 47.4 Å². The molecule has 0 atom stereocenters. The van der Waals surface area contributed by atoms with Crippen molar-refractivity contribution in [3.63, 3.8) is 0 Å². The number of benzene rings is 1. The van der Waals surface area contributed by atoms with Crippen LogP contribution in [-0.2, 0) is 6.42 Å². The maximum atomic E-state index is 13.0. The predicted molar refractivity (Wildman–Crippen MR) is 116 cm³/mol. The van der Waals surface area contributed by atoms with E-state index in [4.69, 9.17) is 11.5 Å². The quantitative estimate of drug-likeness (QED) is 0.776. The molecule has 1 aliphatic heterocycles. The average Bonchev–Trinajstić information content (AvgIpc) is 2.61. The molecule has 0 radical (unpaired) electrons. The molecule has 1 saturated heterocycles. The van der Waals surface area contributed by atoms with Crippen molar-refractivity contribution in [3.8, 4) is 0 Å². The van der Waals surface area contributed by atoms with Gasteiger partial charge in [-0.15, -0.1) is 24.8 Å². The summed E-state index contributed by atoms with van der Waals surface area (Å²) >= 11 is 0. The third-order valence-electron chi connectivity index (χ3n) is 5.72. The van der Waals surface area contributed by atoms with E-state index in [1.165, 1.54) is 5.56 Å². The molecule has 1 saturated carbocycles. The van der Waals surface area contributed by atoms with Gasteiger partial charge in [-0.1, -0.05) is 12.1 Å². The van der Waals surface area contributed by atoms with E-state index in [-0.39, 0.29) is 30.6 Å². The van der Waals surface area contributed by atoms with Crippen LogP contribution in [0.4, 0.5) is 16.2 Å². The molecule has 0 unspecified atom stereocenters. The molecular weight excluding hydrogens is 400 g/mol. The van der Waals surface area contributed by atoms with Crippen molar-refractivity contribution in [2.75, 3.05) is 23.7 Å². The standard InChI is InChI=1S/C20H26FN5.2ClH/c21-16-3-1-13(2-4-16)9-14-5-7-26(8-6-14)19-12-18(24-20(23)25-19)15-10-17(22)11-15;;/h1-4,12,14-15,17H,5-11,22H2,(H2,23,24,25);2*1H. The number of hydrogen-bond acceptors (Lipinski definition) is 5. The SMILES string of the molecule is Cl.Cl.Nc1nc(C2CC(N)C2)cc(N2CCC(Cc3ccc(F)cc3)CC2)n1. The molecule has 2 aliphatic rings. The van der Waals surface area contributed by atoms with E-state index in [1.54, 1.807) is 12.1 Å². The third kappa shape index (κ3) is 5.25. The van der Waals surface area contributed by atoms with Crippen molar-refractivity contribution in [2.24, 2.45) is 11.7 Å². The van der Waals surface area contributed by atoms with Crippen molar-refractivity contribution in [1.82, 2.24) is 9.97 Å². The number of nitrogens with zero attached hydrogens (tertiary/aromatic N) is 3. The van der Waals surface area contributed by atoms with Gasteiger partial charge >= 0.3 is 0 Å². The second-order valence-corrected chi connectivity index (χ2v) is 7.70. The number of aromatic nitrogens is 2. The van der Waals surface area contributed by atoms with Gasteiger partial charge in [-0.3, -0.25) is 0 Å². The molecule has 0 amide bonds. The first kappa shape index (κ1) is 22.7. The molecule has 28 heavy (non-hydrogen) atoms. The number of anilines is 2. The van der Waals surface area contributed by atoms with Gasteiger partial charge in [-0.05, 0) is 55.7 Å². The molecule has 1 aromatic carbocycles. The summed E-state index contributed by atoms with van der Waals surface area (Å²) in [5, 5.41) is 0. The number of nitrogens with two attached hydrogens (primary N) is 2. The van der Waals surface area contributed by atoms with E-state index in [0.717, 1.165) is 56.7 Å². The lowest BCUT2D eigenvalue weighted by Gasteiger charge is -2.35. The Morgan fingerprint density at radius 3 is 2.29 bits per heavy atom. The Labute approximate surface area is 177 Å². The van der Waals surface area contributed by atoms with E-state index in [0.29, 0.717) is 23.8 Å². The highest BCUT2D eigenvalue weighted by Gasteiger charge is 2.30. The molecule has 8 heteroatoms. The number of rotatable bonds is 4. The van der Waals surface area contributed by atoms with Crippen LogP contribution in [0.15, 0.2) is 30.3 Å². The van der Waals surface area contributed by atoms with Crippen molar-refractivity contribution in [2.45, 2.75) is 44.1 Å². The van der Waals surface area contributed by atoms with Gasteiger partial charge in [0.25, 0.3) is 0 Å². The zero-order chi connectivity index (χ0) is 18.1. The Hall–Kier alpha value is -1.63. The number of nitrogen functional groups attached to an aromatic ring is 1. The summed E-state index contributed by atoms with van der Waals surface area (Å²) < 4.78 is 13.0. The molecule has 154 valence electrons. The van der Waals surface area contributed by atoms with Gasteiger partial charge in [0.2, 0.25) is 5.95 Å². The minimum absolute atomic E-state index is 0. The molecule has 2 fully saturated rings. The summed E-state index contributed by atoms with van der Waals surface area (Å²) in [6.07, 6.45) is 5.17. The summed E-state index contributed by atoms with van der Waals surface area (Å²) in [5.74, 6) is 2.16. The Balaban J connectivity index is 0.00000140. The minimum atomic E-state index is -0.173. The van der Waals surface area contributed by atoms with Crippen LogP contribution in [-0.4, -0.2) is 29.1 Å². The van der Waals surface area contributed by atoms with Crippen LogP contribution in [0.25, 0.3) is 0 Å². The normalized spacial score (nSPS) is 22.0. The highest BCUT2D eigenvalue weighted by Crippen LogP contribution is 2.36. The van der Waals surface area contributed by atoms with Gasteiger partial charge in [-0.2, -0.15) is 4.98 Å². The van der Waals surface area contributed by atoms with Crippen molar-refractivity contribution in [1.29, 1.82) is 0 Å². The summed E-state index contributed by atoms with van der Waals surface area (Å²) in [7, 11) is 0. The lowest BCUT2D eigenvalue weighted by atomic mass is 9.78. The second-order valence-electron chi connectivity index (χ2n) is 7.70. The molecule has 0 spiro atoms. The molecular formula is C20H28Cl2FN5. The van der Waals surface area contributed by atoms with E-state index in [1.807, 2.05) is 12.1 Å². The van der Waals surface area contributed by atoms with Gasteiger partial charge in [0.1, 0.15) is 11.6 Å². The lowest BCUT2D eigenvalue weighted by Crippen LogP contribution is -2.37. The predicted octanol–water partition coefficient (Wildman–Crippen LogP) is 3.71. The summed E-state index contributed by atoms with van der Waals surface area (Å²) in [6.45, 7) is 1.93. The Kier molecular flexibility index (Phi) is 7.87. The molecule has 4 rings (SSSR count). The zero-order valence-electron chi connectivity index (χ0n) is 15.8. The van der Waals surface area contributed by atoms with Gasteiger partial charge in [0.15, 0.2) is 0 Å². The molecule has 4 N–H and O–H groups in total. The van der Waals surface area contributed by atoms with Crippen LogP contribution < -0.4 is 16.4 Å². The third-order valence-corrected chi connectivity index (χ3v) is 5.72. The lowest BCUT2D eigenvalue weighted by molar-refractivity contribution is 0.345. The minimum Gasteiger partial charge on any atom is -0.368 e. The largest absolute Gasteiger partial charge is 0.368 e. The first-order valence-electron chi connectivity index (χ1n) is 9.46. The van der Waals surface area contributed by atoms with Crippen molar-refractivity contribution < 1.29 is 4.39 Å². The first-order chi connectivity index (χ1) is 12.6. The maximum Gasteiger partial charge on any atom is 0.222 e. The summed E-state index contributed by atoms with van der Waals surface area (Å²) in [4.78, 5) is 11.2. The fourth-order valence-corrected chi connectivity index (χ4v) is 4.07. The van der Waals surface area contributed by atoms with Crippen LogP contribution >= 0.6 is 24.8 Å². The summed E-state index contributed by atoms with van der Waals surface area (Å²) in [6, 6.07) is 9.25. The Morgan fingerprint density at radius 1 is 1.04 bits per heavy atom. The molecule has 2 aromatic rings. The maximum absolute atomic E-state index is 13.0. The smallest absolute Gasteiger partial charge is 0.222 e. The van der Waals surface area contributed by atoms with Gasteiger partial charge in [0, 0.05) is 31.1 Å². The van der Waals surface area contributed by atoms with E-state index >= 15 is 0 Å². The van der Waals surface area contributed by atoms with Crippen LogP contribution in [0.5, 0.6) is 0 Å². The number of hydrogen-bond donors (Lipinski definition) is 2. The summed E-state index contributed by atoms with van der Waals surface area (Å²) in [5.41, 5.74) is 14.1. The Morgan fingerprint density at radius 2 is 1.68 bits per heavy atom. The van der Waals surface area contributed by atoms with E-state index in [2.05, 4.69) is 20.9 Å². The fraction of sp³-hybridized carbons (Fsp3) is 0.500. The van der Waals surface area contributed by atoms with Gasteiger partial charge in [-0.25, -0.2) is 9.37 Å². The van der Waals surface area contributed by atoms with Crippen molar-refractivity contribution >= 4 is 36.6 Å². The highest BCUT2D eigenvalue weighted by molar-refractivity contribution is 5.85. The zero-order valence-corrected chi connectivity index (χ0v) is 17.4.